The van der Waals surface area contributed by atoms with Gasteiger partial charge in [0.05, 0.1) is 12.7 Å². The monoisotopic (exact) mass is 426 g/mol. The number of piperidine rings is 1. The second kappa shape index (κ2) is 10.3. The van der Waals surface area contributed by atoms with Gasteiger partial charge in [0.2, 0.25) is 0 Å². The lowest BCUT2D eigenvalue weighted by Crippen LogP contribution is -2.56. The van der Waals surface area contributed by atoms with E-state index in [4.69, 9.17) is 4.74 Å². The molecular weight excluding hydrogens is 392 g/mol. The maximum Gasteiger partial charge on any atom is 0.313 e. The fraction of sp³-hybridized carbons (Fsp3) is 0.480. The fourth-order valence-corrected chi connectivity index (χ4v) is 4.47. The molecule has 1 saturated heterocycles. The molecule has 0 aromatic heterocycles. The number of aliphatic hydroxyl groups excluding tert-OH is 1. The summed E-state index contributed by atoms with van der Waals surface area (Å²) in [5.74, 6) is -0.0495. The zero-order valence-electron chi connectivity index (χ0n) is 18.8. The van der Waals surface area contributed by atoms with Gasteiger partial charge in [-0.15, -0.1) is 0 Å². The Labute approximate surface area is 185 Å². The van der Waals surface area contributed by atoms with Crippen molar-refractivity contribution in [3.8, 4) is 5.75 Å². The standard InChI is InChI=1S/C25H34N2O4/c1-4-31-22-11-10-20(14-21(22)17-26(2)3)16-27-13-12-23(28)25(18-27,24(29)30)15-19-8-6-5-7-9-19/h5-11,14,23,28H,4,12-13,15-18H2,1-3H3,(H,29,30)/t23-,25+/m0/s1. The molecule has 0 unspecified atom stereocenters. The minimum atomic E-state index is -1.21. The quantitative estimate of drug-likeness (QED) is 0.642. The summed E-state index contributed by atoms with van der Waals surface area (Å²) in [6, 6.07) is 15.8. The van der Waals surface area contributed by atoms with Crippen molar-refractivity contribution in [3.63, 3.8) is 0 Å². The van der Waals surface area contributed by atoms with Crippen LogP contribution in [0, 0.1) is 5.41 Å². The van der Waals surface area contributed by atoms with Gasteiger partial charge in [0.25, 0.3) is 0 Å². The molecule has 1 fully saturated rings. The number of carbonyl (C=O) groups is 1. The maximum absolute atomic E-state index is 12.4. The molecule has 0 amide bonds. The van der Waals surface area contributed by atoms with Crippen molar-refractivity contribution in [1.29, 1.82) is 0 Å². The SMILES string of the molecule is CCOc1ccc(CN2CC[C@H](O)[C@](Cc3ccccc3)(C(=O)O)C2)cc1CN(C)C. The van der Waals surface area contributed by atoms with E-state index >= 15 is 0 Å². The van der Waals surface area contributed by atoms with Crippen LogP contribution in [-0.4, -0.2) is 65.9 Å². The van der Waals surface area contributed by atoms with Crippen LogP contribution < -0.4 is 4.74 Å². The summed E-state index contributed by atoms with van der Waals surface area (Å²) in [4.78, 5) is 16.6. The van der Waals surface area contributed by atoms with Crippen molar-refractivity contribution >= 4 is 5.97 Å². The highest BCUT2D eigenvalue weighted by molar-refractivity contribution is 5.76. The molecule has 0 bridgehead atoms. The predicted octanol–water partition coefficient (Wildman–Crippen LogP) is 3.03. The van der Waals surface area contributed by atoms with Gasteiger partial charge in [-0.3, -0.25) is 9.69 Å². The van der Waals surface area contributed by atoms with E-state index in [2.05, 4.69) is 21.9 Å². The van der Waals surface area contributed by atoms with E-state index in [0.29, 0.717) is 39.1 Å². The van der Waals surface area contributed by atoms with Crippen molar-refractivity contribution in [3.05, 3.63) is 65.2 Å². The van der Waals surface area contributed by atoms with Gasteiger partial charge in [-0.05, 0) is 57.1 Å². The second-order valence-electron chi connectivity index (χ2n) is 8.75. The molecule has 1 aliphatic heterocycles. The number of rotatable bonds is 9. The molecule has 3 rings (SSSR count). The molecule has 31 heavy (non-hydrogen) atoms. The molecular formula is C25H34N2O4. The number of benzene rings is 2. The van der Waals surface area contributed by atoms with Crippen LogP contribution in [0.3, 0.4) is 0 Å². The number of ether oxygens (including phenoxy) is 1. The third-order valence-electron chi connectivity index (χ3n) is 5.97. The minimum Gasteiger partial charge on any atom is -0.494 e. The molecule has 1 aliphatic rings. The Balaban J connectivity index is 1.81. The summed E-state index contributed by atoms with van der Waals surface area (Å²) in [5.41, 5.74) is 1.96. The highest BCUT2D eigenvalue weighted by atomic mass is 16.5. The van der Waals surface area contributed by atoms with Crippen LogP contribution in [0.15, 0.2) is 48.5 Å². The Hall–Kier alpha value is -2.41. The van der Waals surface area contributed by atoms with E-state index in [9.17, 15) is 15.0 Å². The van der Waals surface area contributed by atoms with E-state index in [0.717, 1.165) is 29.0 Å². The van der Waals surface area contributed by atoms with Crippen LogP contribution >= 0.6 is 0 Å². The zero-order valence-corrected chi connectivity index (χ0v) is 18.8. The number of aliphatic hydroxyl groups is 1. The van der Waals surface area contributed by atoms with Crippen molar-refractivity contribution in [2.45, 2.75) is 39.0 Å². The topological polar surface area (TPSA) is 73.2 Å². The smallest absolute Gasteiger partial charge is 0.313 e. The average molecular weight is 427 g/mol. The van der Waals surface area contributed by atoms with Crippen molar-refractivity contribution < 1.29 is 19.7 Å². The van der Waals surface area contributed by atoms with E-state index in [1.807, 2.05) is 57.4 Å². The number of carboxylic acids is 1. The largest absolute Gasteiger partial charge is 0.494 e. The third-order valence-corrected chi connectivity index (χ3v) is 5.97. The molecule has 6 heteroatoms. The molecule has 0 spiro atoms. The molecule has 0 radical (unpaired) electrons. The number of hydrogen-bond donors (Lipinski definition) is 2. The summed E-state index contributed by atoms with van der Waals surface area (Å²) in [7, 11) is 4.05. The molecule has 0 saturated carbocycles. The van der Waals surface area contributed by atoms with Gasteiger partial charge in [0, 0.05) is 31.7 Å². The Morgan fingerprint density at radius 3 is 2.58 bits per heavy atom. The molecule has 2 aromatic carbocycles. The lowest BCUT2D eigenvalue weighted by Gasteiger charge is -2.43. The first-order valence-corrected chi connectivity index (χ1v) is 10.9. The second-order valence-corrected chi connectivity index (χ2v) is 8.75. The Bertz CT molecular complexity index is 871. The number of nitrogens with zero attached hydrogens (tertiary/aromatic N) is 2. The number of hydrogen-bond acceptors (Lipinski definition) is 5. The van der Waals surface area contributed by atoms with Crippen LogP contribution in [0.2, 0.25) is 0 Å². The predicted molar refractivity (Wildman–Crippen MR) is 121 cm³/mol. The van der Waals surface area contributed by atoms with Crippen LogP contribution in [0.4, 0.5) is 0 Å². The van der Waals surface area contributed by atoms with Crippen LogP contribution in [0.5, 0.6) is 5.75 Å². The van der Waals surface area contributed by atoms with Gasteiger partial charge in [-0.2, -0.15) is 0 Å². The van der Waals surface area contributed by atoms with Crippen LogP contribution in [0.25, 0.3) is 0 Å². The average Bonchev–Trinajstić information content (AvgIpc) is 2.73. The first-order chi connectivity index (χ1) is 14.8. The fourth-order valence-electron chi connectivity index (χ4n) is 4.47. The third kappa shape index (κ3) is 5.64. The lowest BCUT2D eigenvalue weighted by molar-refractivity contribution is -0.163. The molecule has 0 aliphatic carbocycles. The molecule has 2 aromatic rings. The first kappa shape index (κ1) is 23.3. The van der Waals surface area contributed by atoms with E-state index in [1.165, 1.54) is 0 Å². The Kier molecular flexibility index (Phi) is 7.70. The molecule has 168 valence electrons. The molecule has 6 nitrogen and oxygen atoms in total. The zero-order chi connectivity index (χ0) is 22.4. The summed E-state index contributed by atoms with van der Waals surface area (Å²) < 4.78 is 5.78. The highest BCUT2D eigenvalue weighted by Crippen LogP contribution is 2.35. The van der Waals surface area contributed by atoms with Crippen molar-refractivity contribution in [2.24, 2.45) is 5.41 Å². The van der Waals surface area contributed by atoms with E-state index in [-0.39, 0.29) is 0 Å². The lowest BCUT2D eigenvalue weighted by atomic mass is 9.72. The van der Waals surface area contributed by atoms with Crippen LogP contribution in [-0.2, 0) is 24.3 Å². The van der Waals surface area contributed by atoms with Gasteiger partial charge in [-0.25, -0.2) is 0 Å². The van der Waals surface area contributed by atoms with Crippen molar-refractivity contribution in [2.75, 3.05) is 33.8 Å². The summed E-state index contributed by atoms with van der Waals surface area (Å²) in [6.45, 7) is 4.99. The summed E-state index contributed by atoms with van der Waals surface area (Å²) in [5, 5.41) is 20.9. The molecule has 1 heterocycles. The van der Waals surface area contributed by atoms with E-state index < -0.39 is 17.5 Å². The summed E-state index contributed by atoms with van der Waals surface area (Å²) in [6.07, 6.45) is -0.109. The van der Waals surface area contributed by atoms with Gasteiger partial charge in [0.15, 0.2) is 0 Å². The maximum atomic E-state index is 12.4. The van der Waals surface area contributed by atoms with Gasteiger partial charge >= 0.3 is 5.97 Å². The highest BCUT2D eigenvalue weighted by Gasteiger charge is 2.49. The Morgan fingerprint density at radius 1 is 1.19 bits per heavy atom. The van der Waals surface area contributed by atoms with Crippen molar-refractivity contribution in [1.82, 2.24) is 9.80 Å². The first-order valence-electron chi connectivity index (χ1n) is 10.9. The van der Waals surface area contributed by atoms with Gasteiger partial charge < -0.3 is 19.8 Å². The molecule has 2 N–H and O–H groups in total. The summed E-state index contributed by atoms with van der Waals surface area (Å²) >= 11 is 0. The Morgan fingerprint density at radius 2 is 1.94 bits per heavy atom. The number of likely N-dealkylation sites (tertiary alicyclic amines) is 1. The molecule has 2 atom stereocenters. The minimum absolute atomic E-state index is 0.314. The van der Waals surface area contributed by atoms with Crippen LogP contribution in [0.1, 0.15) is 30.0 Å². The number of carboxylic acid groups (broad SMARTS) is 1. The van der Waals surface area contributed by atoms with Gasteiger partial charge in [0.1, 0.15) is 11.2 Å². The van der Waals surface area contributed by atoms with Gasteiger partial charge in [-0.1, -0.05) is 36.4 Å². The van der Waals surface area contributed by atoms with E-state index in [1.54, 1.807) is 0 Å². The normalized spacial score (nSPS) is 21.9. The number of aliphatic carboxylic acids is 1.